The zero-order valence-corrected chi connectivity index (χ0v) is 18.2. The molecule has 0 fully saturated rings. The standard InChI is InChI=1S/C21H42OSi/c1-10-12-13-14-15-20(17-19(11-2)16-18(3)4)22-23(8,9)21(5,6)7/h16,20H,3,10-15,17H2,1-2,4-9H3/b19-16-/t20-/m0/s1. The van der Waals surface area contributed by atoms with Crippen LogP contribution in [0.5, 0.6) is 0 Å². The fraction of sp³-hybridized carbons (Fsp3) is 0.810. The average molecular weight is 339 g/mol. The van der Waals surface area contributed by atoms with Crippen LogP contribution >= 0.6 is 0 Å². The van der Waals surface area contributed by atoms with E-state index < -0.39 is 8.32 Å². The molecule has 0 N–H and O–H groups in total. The number of allylic oxidation sites excluding steroid dienone is 2. The molecule has 0 aromatic heterocycles. The lowest BCUT2D eigenvalue weighted by atomic mass is 9.99. The predicted molar refractivity (Wildman–Crippen MR) is 109 cm³/mol. The molecule has 0 aromatic rings. The van der Waals surface area contributed by atoms with E-state index in [0.29, 0.717) is 6.10 Å². The van der Waals surface area contributed by atoms with Crippen molar-refractivity contribution in [2.75, 3.05) is 0 Å². The van der Waals surface area contributed by atoms with Crippen molar-refractivity contribution in [2.45, 2.75) is 111 Å². The number of hydrogen-bond acceptors (Lipinski definition) is 1. The lowest BCUT2D eigenvalue weighted by Gasteiger charge is -2.39. The zero-order chi connectivity index (χ0) is 18.1. The van der Waals surface area contributed by atoms with Gasteiger partial charge in [0.2, 0.25) is 0 Å². The topological polar surface area (TPSA) is 9.23 Å². The highest BCUT2D eigenvalue weighted by Crippen LogP contribution is 2.38. The van der Waals surface area contributed by atoms with Gasteiger partial charge in [-0.25, -0.2) is 0 Å². The Morgan fingerprint density at radius 3 is 2.17 bits per heavy atom. The van der Waals surface area contributed by atoms with Crippen molar-refractivity contribution in [3.63, 3.8) is 0 Å². The Labute approximate surface area is 147 Å². The summed E-state index contributed by atoms with van der Waals surface area (Å²) in [5, 5.41) is 0.277. The van der Waals surface area contributed by atoms with Gasteiger partial charge < -0.3 is 4.43 Å². The first kappa shape index (κ1) is 22.7. The second-order valence-electron chi connectivity index (χ2n) is 8.56. The maximum Gasteiger partial charge on any atom is 0.192 e. The molecule has 1 atom stereocenters. The van der Waals surface area contributed by atoms with Gasteiger partial charge in [-0.2, -0.15) is 0 Å². The molecular formula is C21H42OSi. The van der Waals surface area contributed by atoms with E-state index in [4.69, 9.17) is 4.43 Å². The smallest absolute Gasteiger partial charge is 0.192 e. The summed E-state index contributed by atoms with van der Waals surface area (Å²) in [6.07, 6.45) is 11.3. The molecule has 1 nitrogen and oxygen atoms in total. The minimum Gasteiger partial charge on any atom is -0.414 e. The molecule has 0 aromatic carbocycles. The van der Waals surface area contributed by atoms with Crippen LogP contribution in [0.25, 0.3) is 0 Å². The van der Waals surface area contributed by atoms with Crippen molar-refractivity contribution in [2.24, 2.45) is 0 Å². The Bertz CT molecular complexity index is 374. The first-order valence-electron chi connectivity index (χ1n) is 9.56. The fourth-order valence-corrected chi connectivity index (χ4v) is 3.93. The van der Waals surface area contributed by atoms with Crippen molar-refractivity contribution in [3.8, 4) is 0 Å². The summed E-state index contributed by atoms with van der Waals surface area (Å²) in [6, 6.07) is 0. The van der Waals surface area contributed by atoms with Crippen molar-refractivity contribution in [1.29, 1.82) is 0 Å². The van der Waals surface area contributed by atoms with Gasteiger partial charge in [0.05, 0.1) is 0 Å². The van der Waals surface area contributed by atoms with Gasteiger partial charge in [0.25, 0.3) is 0 Å². The Kier molecular flexibility index (Phi) is 10.4. The summed E-state index contributed by atoms with van der Waals surface area (Å²) < 4.78 is 6.76. The molecule has 0 aliphatic rings. The average Bonchev–Trinajstić information content (AvgIpc) is 2.40. The van der Waals surface area contributed by atoms with Gasteiger partial charge in [-0.15, -0.1) is 0 Å². The van der Waals surface area contributed by atoms with Crippen LogP contribution in [0.2, 0.25) is 18.1 Å². The third kappa shape index (κ3) is 9.51. The third-order valence-corrected chi connectivity index (χ3v) is 9.58. The minimum atomic E-state index is -1.71. The van der Waals surface area contributed by atoms with Crippen molar-refractivity contribution >= 4 is 8.32 Å². The highest BCUT2D eigenvalue weighted by atomic mass is 28.4. The summed E-state index contributed by atoms with van der Waals surface area (Å²) in [4.78, 5) is 0. The lowest BCUT2D eigenvalue weighted by Crippen LogP contribution is -2.44. The highest BCUT2D eigenvalue weighted by molar-refractivity contribution is 6.74. The van der Waals surface area contributed by atoms with Crippen LogP contribution in [0.15, 0.2) is 23.8 Å². The van der Waals surface area contributed by atoms with Gasteiger partial charge >= 0.3 is 0 Å². The molecule has 0 saturated carbocycles. The summed E-state index contributed by atoms with van der Waals surface area (Å²) in [6.45, 7) is 22.4. The maximum atomic E-state index is 6.76. The lowest BCUT2D eigenvalue weighted by molar-refractivity contribution is 0.166. The Morgan fingerprint density at radius 1 is 1.13 bits per heavy atom. The SMILES string of the molecule is C=C(C)/C=C(/CC)C[C@H](CCCCCC)O[Si](C)(C)C(C)(C)C. The predicted octanol–water partition coefficient (Wildman–Crippen LogP) is 7.65. The van der Waals surface area contributed by atoms with Crippen LogP contribution in [-0.2, 0) is 4.43 Å². The molecule has 0 heterocycles. The molecule has 2 heteroatoms. The van der Waals surface area contributed by atoms with Crippen LogP contribution in [0, 0.1) is 0 Å². The Balaban J connectivity index is 4.97. The molecule has 0 bridgehead atoms. The van der Waals surface area contributed by atoms with E-state index in [-0.39, 0.29) is 5.04 Å². The van der Waals surface area contributed by atoms with Gasteiger partial charge in [-0.1, -0.05) is 84.1 Å². The van der Waals surface area contributed by atoms with E-state index in [0.717, 1.165) is 18.4 Å². The highest BCUT2D eigenvalue weighted by Gasteiger charge is 2.39. The number of rotatable bonds is 11. The Hall–Kier alpha value is -0.343. The Morgan fingerprint density at radius 2 is 1.74 bits per heavy atom. The summed E-state index contributed by atoms with van der Waals surface area (Å²) >= 11 is 0. The van der Waals surface area contributed by atoms with Crippen LogP contribution in [0.1, 0.15) is 86.5 Å². The van der Waals surface area contributed by atoms with Gasteiger partial charge in [0, 0.05) is 6.10 Å². The molecule has 0 rings (SSSR count). The molecule has 0 radical (unpaired) electrons. The second kappa shape index (κ2) is 10.5. The fourth-order valence-electron chi connectivity index (χ4n) is 2.54. The van der Waals surface area contributed by atoms with E-state index in [1.807, 2.05) is 0 Å². The molecule has 0 aliphatic carbocycles. The molecule has 23 heavy (non-hydrogen) atoms. The molecule has 0 aliphatic heterocycles. The van der Waals surface area contributed by atoms with Gasteiger partial charge in [-0.3, -0.25) is 0 Å². The van der Waals surface area contributed by atoms with Crippen molar-refractivity contribution in [1.82, 2.24) is 0 Å². The first-order valence-corrected chi connectivity index (χ1v) is 12.5. The van der Waals surface area contributed by atoms with Crippen LogP contribution in [-0.4, -0.2) is 14.4 Å². The minimum absolute atomic E-state index is 0.277. The van der Waals surface area contributed by atoms with Crippen LogP contribution < -0.4 is 0 Å². The van der Waals surface area contributed by atoms with E-state index in [9.17, 15) is 0 Å². The molecule has 0 saturated heterocycles. The third-order valence-electron chi connectivity index (χ3n) is 5.04. The molecule has 0 spiro atoms. The first-order chi connectivity index (χ1) is 10.5. The second-order valence-corrected chi connectivity index (χ2v) is 13.3. The number of unbranched alkanes of at least 4 members (excludes halogenated alkanes) is 3. The zero-order valence-electron chi connectivity index (χ0n) is 17.2. The van der Waals surface area contributed by atoms with Crippen molar-refractivity contribution in [3.05, 3.63) is 23.8 Å². The monoisotopic (exact) mass is 338 g/mol. The van der Waals surface area contributed by atoms with E-state index in [1.54, 1.807) is 0 Å². The van der Waals surface area contributed by atoms with Crippen molar-refractivity contribution < 1.29 is 4.43 Å². The summed E-state index contributed by atoms with van der Waals surface area (Å²) in [5.74, 6) is 0. The van der Waals surface area contributed by atoms with Crippen LogP contribution in [0.3, 0.4) is 0 Å². The molecule has 0 amide bonds. The molecule has 0 unspecified atom stereocenters. The van der Waals surface area contributed by atoms with E-state index in [1.165, 1.54) is 37.7 Å². The maximum absolute atomic E-state index is 6.76. The normalized spacial score (nSPS) is 14.9. The number of hydrogen-bond donors (Lipinski definition) is 0. The quantitative estimate of drug-likeness (QED) is 0.213. The largest absolute Gasteiger partial charge is 0.414 e. The molecular weight excluding hydrogens is 296 g/mol. The van der Waals surface area contributed by atoms with Gasteiger partial charge in [0.15, 0.2) is 8.32 Å². The summed E-state index contributed by atoms with van der Waals surface area (Å²) in [7, 11) is -1.71. The van der Waals surface area contributed by atoms with Gasteiger partial charge in [0.1, 0.15) is 0 Å². The summed E-state index contributed by atoms with van der Waals surface area (Å²) in [5.41, 5.74) is 2.63. The van der Waals surface area contributed by atoms with E-state index >= 15 is 0 Å². The molecule has 136 valence electrons. The van der Waals surface area contributed by atoms with Crippen LogP contribution in [0.4, 0.5) is 0 Å². The van der Waals surface area contributed by atoms with E-state index in [2.05, 4.69) is 67.3 Å². The van der Waals surface area contributed by atoms with Gasteiger partial charge in [-0.05, 0) is 44.3 Å².